The summed E-state index contributed by atoms with van der Waals surface area (Å²) in [7, 11) is -7.11. The second kappa shape index (κ2) is 7.16. The summed E-state index contributed by atoms with van der Waals surface area (Å²) in [6.07, 6.45) is 4.75. The number of nitrogens with one attached hydrogen (secondary N) is 1. The minimum absolute atomic E-state index is 1.02. The Hall–Kier alpha value is -1.65. The zero-order valence-electron chi connectivity index (χ0n) is 14.7. The smallest absolute Gasteiger partial charge is 0.485 e. The summed E-state index contributed by atoms with van der Waals surface area (Å²) >= 11 is 0. The van der Waals surface area contributed by atoms with Crippen molar-refractivity contribution in [2.45, 2.75) is 31.6 Å². The van der Waals surface area contributed by atoms with E-state index in [1.165, 1.54) is 41.3 Å². The number of alkyl halides is 3. The molecule has 10 heteroatoms. The van der Waals surface area contributed by atoms with Gasteiger partial charge in [0, 0.05) is 17.3 Å². The van der Waals surface area contributed by atoms with Crippen molar-refractivity contribution in [3.63, 3.8) is 0 Å². The van der Waals surface area contributed by atoms with Gasteiger partial charge in [-0.1, -0.05) is 37.8 Å². The molecule has 0 bridgehead atoms. The number of hydrogen-bond donors (Lipinski definition) is 1. The quantitative estimate of drug-likeness (QED) is 0.360. The molecule has 0 amide bonds. The summed E-state index contributed by atoms with van der Waals surface area (Å²) in [5.41, 5.74) is -1.56. The first-order chi connectivity index (χ1) is 11.8. The topological polar surface area (TPSA) is 76.0 Å². The average molecular weight is 407 g/mol. The van der Waals surface area contributed by atoms with Gasteiger partial charge in [0.15, 0.2) is 16.3 Å². The summed E-state index contributed by atoms with van der Waals surface area (Å²) < 4.78 is 61.4. The third kappa shape index (κ3) is 5.18. The highest BCUT2D eigenvalue weighted by molar-refractivity contribution is 7.86. The number of para-hydroxylation sites is 1. The molecule has 0 atom stereocenters. The monoisotopic (exact) mass is 406 g/mol. The first-order valence-corrected chi connectivity index (χ1v) is 13.1. The van der Waals surface area contributed by atoms with Crippen LogP contribution in [-0.4, -0.2) is 55.0 Å². The third-order valence-electron chi connectivity index (χ3n) is 3.77. The van der Waals surface area contributed by atoms with Crippen molar-refractivity contribution in [1.82, 2.24) is 4.98 Å². The van der Waals surface area contributed by atoms with Gasteiger partial charge in [-0.2, -0.15) is 13.2 Å². The molecule has 1 aromatic heterocycles. The first kappa shape index (κ1) is 20.7. The second-order valence-electron chi connectivity index (χ2n) is 7.37. The lowest BCUT2D eigenvalue weighted by atomic mass is 10.1. The molecule has 144 valence electrons. The lowest BCUT2D eigenvalue weighted by Crippen LogP contribution is -2.37. The number of rotatable bonds is 2. The summed E-state index contributed by atoms with van der Waals surface area (Å²) in [6, 6.07) is 8.63. The molecular weight excluding hydrogens is 385 g/mol. The normalized spacial score (nSPS) is 15.1. The van der Waals surface area contributed by atoms with Gasteiger partial charge in [-0.15, -0.1) is 0 Å². The number of fused-ring (bicyclic) bond motifs is 3. The second-order valence-corrected chi connectivity index (χ2v) is 14.2. The molecular formula is C16H21F3N2O3SSi. The lowest BCUT2D eigenvalue weighted by Gasteiger charge is -2.16. The summed E-state index contributed by atoms with van der Waals surface area (Å²) in [5.74, 6) is 0. The predicted octanol–water partition coefficient (Wildman–Crippen LogP) is 3.08. The molecule has 1 N–H and O–H groups in total. The molecule has 5 nitrogen and oxygen atoms in total. The van der Waals surface area contributed by atoms with E-state index in [9.17, 15) is 13.2 Å². The minimum atomic E-state index is -6.09. The average Bonchev–Trinajstić information content (AvgIpc) is 2.81. The standard InChI is InChI=1S/C15H20N2Si.CHF3O3S/c1-18(2,3)11-17-9-8-13-12-6-4-5-7-14(12)16-15(13)10-17;2-1(3,4)8(5,6)7/h4-7,10H,8-9,11H2,1-3H3;(H,5,6,7). The van der Waals surface area contributed by atoms with E-state index in [1.54, 1.807) is 0 Å². The number of hydrogen-bond acceptors (Lipinski definition) is 3. The van der Waals surface area contributed by atoms with Crippen LogP contribution in [0.5, 0.6) is 0 Å². The maximum absolute atomic E-state index is 10.7. The van der Waals surface area contributed by atoms with Crippen molar-refractivity contribution in [2.75, 3.05) is 12.7 Å². The van der Waals surface area contributed by atoms with Crippen molar-refractivity contribution < 1.29 is 30.7 Å². The molecule has 1 aromatic carbocycles. The number of aromatic nitrogens is 1. The highest BCUT2D eigenvalue weighted by Gasteiger charge is 2.36. The van der Waals surface area contributed by atoms with Gasteiger partial charge in [0.2, 0.25) is 0 Å². The Morgan fingerprint density at radius 2 is 1.81 bits per heavy atom. The molecule has 2 heterocycles. The fourth-order valence-electron chi connectivity index (χ4n) is 2.84. The van der Waals surface area contributed by atoms with Crippen LogP contribution in [0.25, 0.3) is 10.9 Å². The Morgan fingerprint density at radius 1 is 1.23 bits per heavy atom. The van der Waals surface area contributed by atoms with E-state index < -0.39 is 23.7 Å². The molecule has 0 unspecified atom stereocenters. The molecule has 26 heavy (non-hydrogen) atoms. The SMILES string of the molecule is C[Si](C)(C)C[N+]1=Cc2[nH]c3ccccc3c2CC1.O=S(=O)([O-])C(F)(F)F. The van der Waals surface area contributed by atoms with Gasteiger partial charge in [-0.05, 0) is 11.6 Å². The number of nitrogens with zero attached hydrogens (tertiary/aromatic N) is 1. The summed E-state index contributed by atoms with van der Waals surface area (Å²) in [5, 5.41) is 1.40. The van der Waals surface area contributed by atoms with Crippen molar-refractivity contribution in [2.24, 2.45) is 0 Å². The molecule has 0 aliphatic carbocycles. The Bertz CT molecular complexity index is 928. The van der Waals surface area contributed by atoms with Crippen molar-refractivity contribution in [1.29, 1.82) is 0 Å². The van der Waals surface area contributed by atoms with Gasteiger partial charge in [0.05, 0.1) is 0 Å². The number of H-pyrrole nitrogens is 1. The molecule has 0 saturated heterocycles. The van der Waals surface area contributed by atoms with Crippen molar-refractivity contribution >= 4 is 35.3 Å². The highest BCUT2D eigenvalue weighted by atomic mass is 32.2. The van der Waals surface area contributed by atoms with Gasteiger partial charge < -0.3 is 9.54 Å². The van der Waals surface area contributed by atoms with E-state index >= 15 is 0 Å². The van der Waals surface area contributed by atoms with Crippen molar-refractivity contribution in [3.8, 4) is 0 Å². The molecule has 1 aliphatic heterocycles. The maximum Gasteiger partial charge on any atom is 0.485 e. The van der Waals surface area contributed by atoms with Crippen LogP contribution in [0.2, 0.25) is 19.6 Å². The Kier molecular flexibility index (Phi) is 5.69. The Morgan fingerprint density at radius 3 is 2.35 bits per heavy atom. The van der Waals surface area contributed by atoms with E-state index in [0.717, 1.165) is 0 Å². The molecule has 1 aliphatic rings. The van der Waals surface area contributed by atoms with Gasteiger partial charge >= 0.3 is 5.51 Å². The van der Waals surface area contributed by atoms with E-state index in [4.69, 9.17) is 13.0 Å². The third-order valence-corrected chi connectivity index (χ3v) is 5.69. The molecule has 0 spiro atoms. The van der Waals surface area contributed by atoms with E-state index in [2.05, 4.69) is 59.7 Å². The Labute approximate surface area is 151 Å². The zero-order valence-corrected chi connectivity index (χ0v) is 16.5. The van der Waals surface area contributed by atoms with Gasteiger partial charge in [0.1, 0.15) is 26.5 Å². The molecule has 0 saturated carbocycles. The zero-order chi connectivity index (χ0) is 19.8. The largest absolute Gasteiger partial charge is 0.741 e. The molecule has 2 aromatic rings. The summed E-state index contributed by atoms with van der Waals surface area (Å²) in [4.78, 5) is 3.55. The number of aromatic amines is 1. The van der Waals surface area contributed by atoms with Crippen LogP contribution >= 0.6 is 0 Å². The Balaban J connectivity index is 0.000000260. The van der Waals surface area contributed by atoms with Crippen LogP contribution in [0.3, 0.4) is 0 Å². The van der Waals surface area contributed by atoms with E-state index in [-0.39, 0.29) is 0 Å². The highest BCUT2D eigenvalue weighted by Crippen LogP contribution is 2.24. The van der Waals surface area contributed by atoms with Crippen LogP contribution in [-0.2, 0) is 16.5 Å². The number of benzene rings is 1. The van der Waals surface area contributed by atoms with E-state index in [1.807, 2.05) is 0 Å². The fraction of sp³-hybridized carbons (Fsp3) is 0.438. The van der Waals surface area contributed by atoms with Gasteiger partial charge in [0.25, 0.3) is 0 Å². The summed E-state index contributed by atoms with van der Waals surface area (Å²) in [6.45, 7) is 8.46. The number of halogens is 3. The van der Waals surface area contributed by atoms with Crippen LogP contribution in [0.4, 0.5) is 13.2 Å². The van der Waals surface area contributed by atoms with Crippen LogP contribution in [0, 0.1) is 0 Å². The fourth-order valence-corrected chi connectivity index (χ4v) is 4.30. The maximum atomic E-state index is 10.7. The minimum Gasteiger partial charge on any atom is -0.741 e. The van der Waals surface area contributed by atoms with E-state index in [0.29, 0.717) is 0 Å². The molecule has 0 radical (unpaired) electrons. The van der Waals surface area contributed by atoms with Gasteiger partial charge in [-0.25, -0.2) is 13.0 Å². The van der Waals surface area contributed by atoms with Crippen molar-refractivity contribution in [3.05, 3.63) is 35.5 Å². The van der Waals surface area contributed by atoms with Gasteiger partial charge in [-0.3, -0.25) is 0 Å². The van der Waals surface area contributed by atoms with Crippen LogP contribution in [0.1, 0.15) is 11.3 Å². The first-order valence-electron chi connectivity index (χ1n) is 7.98. The lowest BCUT2D eigenvalue weighted by molar-refractivity contribution is -0.508. The van der Waals surface area contributed by atoms with Crippen LogP contribution < -0.4 is 0 Å². The molecule has 0 fully saturated rings. The van der Waals surface area contributed by atoms with Crippen LogP contribution in [0.15, 0.2) is 24.3 Å². The molecule has 3 rings (SSSR count). The predicted molar refractivity (Wildman–Crippen MR) is 96.3 cm³/mol.